The van der Waals surface area contributed by atoms with Gasteiger partial charge in [0, 0.05) is 0 Å². The van der Waals surface area contributed by atoms with E-state index in [4.69, 9.17) is 4.74 Å². The number of hydrogen-bond donors (Lipinski definition) is 2. The van der Waals surface area contributed by atoms with Crippen LogP contribution in [0.2, 0.25) is 0 Å². The van der Waals surface area contributed by atoms with Crippen molar-refractivity contribution >= 4 is 24.6 Å². The molecule has 0 unspecified atom stereocenters. The second kappa shape index (κ2) is 6.45. The van der Waals surface area contributed by atoms with Gasteiger partial charge in [-0.2, -0.15) is 0 Å². The van der Waals surface area contributed by atoms with Gasteiger partial charge in [0.15, 0.2) is 0 Å². The van der Waals surface area contributed by atoms with Crippen molar-refractivity contribution in [1.29, 1.82) is 0 Å². The quantitative estimate of drug-likeness (QED) is 0.385. The van der Waals surface area contributed by atoms with Crippen LogP contribution in [0.4, 0.5) is 0 Å². The lowest BCUT2D eigenvalue weighted by molar-refractivity contribution is -0.157. The van der Waals surface area contributed by atoms with Gasteiger partial charge in [-0.1, -0.05) is 60.7 Å². The number of carbonyl (C=O) groups excluding carboxylic acids is 1. The van der Waals surface area contributed by atoms with Crippen molar-refractivity contribution in [1.82, 2.24) is 0 Å². The predicted octanol–water partition coefficient (Wildman–Crippen LogP) is 2.49. The molecule has 0 aliphatic carbocycles. The van der Waals surface area contributed by atoms with Gasteiger partial charge in [-0.05, 0) is 11.1 Å². The Bertz CT molecular complexity index is 586. The molecule has 2 aromatic carbocycles. The Morgan fingerprint density at radius 3 is 1.71 bits per heavy atom. The number of rotatable bonds is 5. The Morgan fingerprint density at radius 1 is 0.952 bits per heavy atom. The van der Waals surface area contributed by atoms with E-state index >= 15 is 0 Å². The monoisotopic (exact) mass is 302 g/mol. The molecular formula is C16H14O4S. The van der Waals surface area contributed by atoms with Crippen molar-refractivity contribution in [2.45, 2.75) is 5.41 Å². The molecule has 108 valence electrons. The molecule has 0 spiro atoms. The maximum Gasteiger partial charge on any atom is 0.333 e. The molecule has 4 nitrogen and oxygen atoms in total. The smallest absolute Gasteiger partial charge is 0.333 e. The lowest BCUT2D eigenvalue weighted by atomic mass is 9.74. The molecule has 0 saturated heterocycles. The zero-order valence-corrected chi connectivity index (χ0v) is 12.0. The van der Waals surface area contributed by atoms with Crippen LogP contribution in [0.3, 0.4) is 0 Å². The van der Waals surface area contributed by atoms with Crippen molar-refractivity contribution < 1.29 is 19.4 Å². The number of aliphatic carboxylic acids is 1. The number of benzene rings is 2. The standard InChI is InChI=1S/C16H14O4S/c17-14(18)16(15(19)20-11-21,12-7-3-1-4-8-12)13-9-5-2-6-10-13/h1-10,21H,11H2,(H,17,18). The van der Waals surface area contributed by atoms with E-state index in [9.17, 15) is 14.7 Å². The van der Waals surface area contributed by atoms with E-state index in [1.54, 1.807) is 60.7 Å². The van der Waals surface area contributed by atoms with Gasteiger partial charge >= 0.3 is 11.9 Å². The third-order valence-corrected chi connectivity index (χ3v) is 3.37. The third-order valence-electron chi connectivity index (χ3n) is 3.24. The first-order valence-electron chi connectivity index (χ1n) is 6.26. The molecule has 0 saturated carbocycles. The average molecular weight is 302 g/mol. The van der Waals surface area contributed by atoms with Crippen LogP contribution in [0.5, 0.6) is 0 Å². The number of carbonyl (C=O) groups is 2. The highest BCUT2D eigenvalue weighted by atomic mass is 32.1. The third kappa shape index (κ3) is 2.64. The fourth-order valence-corrected chi connectivity index (χ4v) is 2.40. The molecule has 0 aliphatic heterocycles. The average Bonchev–Trinajstić information content (AvgIpc) is 2.50. The number of hydrogen-bond acceptors (Lipinski definition) is 4. The Labute approximate surface area is 127 Å². The van der Waals surface area contributed by atoms with Crippen LogP contribution in [0.1, 0.15) is 11.1 Å². The minimum absolute atomic E-state index is 0.187. The Kier molecular flexibility index (Phi) is 4.65. The van der Waals surface area contributed by atoms with Crippen LogP contribution in [-0.4, -0.2) is 23.0 Å². The molecule has 0 bridgehead atoms. The number of ether oxygens (including phenoxy) is 1. The summed E-state index contributed by atoms with van der Waals surface area (Å²) in [5, 5.41) is 9.80. The summed E-state index contributed by atoms with van der Waals surface area (Å²) in [6, 6.07) is 16.6. The largest absolute Gasteiger partial charge is 0.480 e. The van der Waals surface area contributed by atoms with Crippen molar-refractivity contribution in [3.05, 3.63) is 71.8 Å². The van der Waals surface area contributed by atoms with Crippen molar-refractivity contribution in [3.63, 3.8) is 0 Å². The summed E-state index contributed by atoms with van der Waals surface area (Å²) in [5.74, 6) is -2.33. The maximum absolute atomic E-state index is 12.5. The highest BCUT2D eigenvalue weighted by Crippen LogP contribution is 2.34. The molecule has 0 heterocycles. The SMILES string of the molecule is O=C(O)C(C(=O)OCS)(c1ccccc1)c1ccccc1. The van der Waals surface area contributed by atoms with E-state index in [2.05, 4.69) is 12.6 Å². The van der Waals surface area contributed by atoms with E-state index in [-0.39, 0.29) is 5.94 Å². The predicted molar refractivity (Wildman–Crippen MR) is 81.2 cm³/mol. The fraction of sp³-hybridized carbons (Fsp3) is 0.125. The van der Waals surface area contributed by atoms with Crippen LogP contribution in [0, 0.1) is 0 Å². The second-order valence-corrected chi connectivity index (χ2v) is 4.61. The molecule has 21 heavy (non-hydrogen) atoms. The van der Waals surface area contributed by atoms with Crippen LogP contribution in [-0.2, 0) is 19.7 Å². The van der Waals surface area contributed by atoms with Crippen molar-refractivity contribution in [2.24, 2.45) is 0 Å². The second-order valence-electron chi connectivity index (χ2n) is 4.35. The molecule has 0 radical (unpaired) electrons. The maximum atomic E-state index is 12.5. The van der Waals surface area contributed by atoms with Crippen LogP contribution in [0.15, 0.2) is 60.7 Å². The van der Waals surface area contributed by atoms with Gasteiger partial charge < -0.3 is 9.84 Å². The van der Waals surface area contributed by atoms with Gasteiger partial charge in [0.25, 0.3) is 0 Å². The van der Waals surface area contributed by atoms with Crippen molar-refractivity contribution in [2.75, 3.05) is 5.94 Å². The van der Waals surface area contributed by atoms with Gasteiger partial charge in [-0.25, -0.2) is 0 Å². The topological polar surface area (TPSA) is 63.6 Å². The summed E-state index contributed by atoms with van der Waals surface area (Å²) in [4.78, 5) is 24.5. The molecule has 0 amide bonds. The lowest BCUT2D eigenvalue weighted by Gasteiger charge is -2.28. The molecule has 1 N–H and O–H groups in total. The number of carboxylic acid groups (broad SMARTS) is 1. The van der Waals surface area contributed by atoms with E-state index in [0.717, 1.165) is 0 Å². The van der Waals surface area contributed by atoms with Gasteiger partial charge in [0.2, 0.25) is 5.41 Å². The zero-order valence-electron chi connectivity index (χ0n) is 11.1. The van der Waals surface area contributed by atoms with E-state index in [0.29, 0.717) is 11.1 Å². The molecule has 0 atom stereocenters. The van der Waals surface area contributed by atoms with Gasteiger partial charge in [-0.3, -0.25) is 9.59 Å². The van der Waals surface area contributed by atoms with Crippen LogP contribution < -0.4 is 0 Å². The lowest BCUT2D eigenvalue weighted by Crippen LogP contribution is -2.46. The highest BCUT2D eigenvalue weighted by Gasteiger charge is 2.51. The summed E-state index contributed by atoms with van der Waals surface area (Å²) >= 11 is 3.85. The summed E-state index contributed by atoms with van der Waals surface area (Å²) in [6.45, 7) is 0. The number of esters is 1. The zero-order chi connectivity index (χ0) is 15.3. The minimum atomic E-state index is -1.90. The Balaban J connectivity index is 2.73. The van der Waals surface area contributed by atoms with Gasteiger partial charge in [-0.15, -0.1) is 12.6 Å². The Hall–Kier alpha value is -2.27. The minimum Gasteiger partial charge on any atom is -0.480 e. The Morgan fingerprint density at radius 2 is 1.38 bits per heavy atom. The highest BCUT2D eigenvalue weighted by molar-refractivity contribution is 7.80. The summed E-state index contributed by atoms with van der Waals surface area (Å²) < 4.78 is 4.92. The first-order chi connectivity index (χ1) is 10.1. The molecular weight excluding hydrogens is 288 g/mol. The molecule has 0 aliphatic rings. The van der Waals surface area contributed by atoms with E-state index < -0.39 is 17.4 Å². The molecule has 2 rings (SSSR count). The number of thiol groups is 1. The van der Waals surface area contributed by atoms with E-state index in [1.165, 1.54) is 0 Å². The molecule has 2 aromatic rings. The van der Waals surface area contributed by atoms with Gasteiger partial charge in [0.1, 0.15) is 5.94 Å². The summed E-state index contributed by atoms with van der Waals surface area (Å²) in [7, 11) is 0. The molecule has 5 heteroatoms. The molecule has 0 fully saturated rings. The van der Waals surface area contributed by atoms with Gasteiger partial charge in [0.05, 0.1) is 0 Å². The molecule has 0 aromatic heterocycles. The summed E-state index contributed by atoms with van der Waals surface area (Å²) in [5.41, 5.74) is -1.21. The fourth-order valence-electron chi connectivity index (χ4n) is 2.28. The van der Waals surface area contributed by atoms with Crippen LogP contribution >= 0.6 is 12.6 Å². The first-order valence-corrected chi connectivity index (χ1v) is 6.89. The van der Waals surface area contributed by atoms with Crippen LogP contribution in [0.25, 0.3) is 0 Å². The number of carboxylic acids is 1. The van der Waals surface area contributed by atoms with Crippen molar-refractivity contribution in [3.8, 4) is 0 Å². The van der Waals surface area contributed by atoms with E-state index in [1.807, 2.05) is 0 Å². The summed E-state index contributed by atoms with van der Waals surface area (Å²) in [6.07, 6.45) is 0. The normalized spacial score (nSPS) is 10.9. The first kappa shape index (κ1) is 15.1.